The maximum absolute atomic E-state index is 14.1. The van der Waals surface area contributed by atoms with Crippen molar-refractivity contribution >= 4 is 17.7 Å². The third kappa shape index (κ3) is 3.58. The molecule has 2 aromatic rings. The first-order chi connectivity index (χ1) is 15.8. The molecule has 0 aliphatic carbocycles. The van der Waals surface area contributed by atoms with Gasteiger partial charge in [-0.15, -0.1) is 11.8 Å². The van der Waals surface area contributed by atoms with Crippen LogP contribution in [0.25, 0.3) is 11.3 Å². The summed E-state index contributed by atoms with van der Waals surface area (Å²) in [5, 5.41) is 12.3. The number of hydrogen-bond acceptors (Lipinski definition) is 4. The minimum absolute atomic E-state index is 0.151. The summed E-state index contributed by atoms with van der Waals surface area (Å²) in [5.74, 6) is 0.779. The van der Waals surface area contributed by atoms with E-state index in [1.165, 1.54) is 16.7 Å². The van der Waals surface area contributed by atoms with E-state index in [9.17, 15) is 10.1 Å². The molecule has 0 N–H and O–H groups in total. The number of aromatic nitrogens is 1. The average molecular weight is 462 g/mol. The summed E-state index contributed by atoms with van der Waals surface area (Å²) in [4.78, 5) is 16.1. The first kappa shape index (κ1) is 22.2. The van der Waals surface area contributed by atoms with Crippen molar-refractivity contribution in [3.8, 4) is 23.1 Å². The number of nitrogens with zero attached hydrogens (tertiary/aromatic N) is 3. The Bertz CT molecular complexity index is 1190. The Kier molecular flexibility index (Phi) is 5.56. The second-order valence-corrected chi connectivity index (χ2v) is 11.2. The molecule has 0 spiro atoms. The Balaban J connectivity index is 1.79. The number of thioether (sulfide) groups is 1. The molecule has 3 aliphatic rings. The van der Waals surface area contributed by atoms with Crippen molar-refractivity contribution in [3.05, 3.63) is 51.6 Å². The van der Waals surface area contributed by atoms with Crippen LogP contribution < -0.4 is 4.74 Å². The fraction of sp³-hybridized carbons (Fsp3) is 0.481. The highest BCUT2D eigenvalue weighted by molar-refractivity contribution is 8.02. The van der Waals surface area contributed by atoms with Gasteiger partial charge in [0, 0.05) is 29.4 Å². The van der Waals surface area contributed by atoms with Crippen LogP contribution in [0.15, 0.2) is 23.6 Å². The zero-order chi connectivity index (χ0) is 23.3. The number of aryl methyl sites for hydroxylation is 1. The highest BCUT2D eigenvalue weighted by Gasteiger charge is 2.39. The average Bonchev–Trinajstić information content (AvgIpc) is 3.41. The van der Waals surface area contributed by atoms with Gasteiger partial charge >= 0.3 is 0 Å². The molecule has 1 atom stereocenters. The van der Waals surface area contributed by atoms with E-state index < -0.39 is 0 Å². The number of benzene rings is 1. The van der Waals surface area contributed by atoms with E-state index in [2.05, 4.69) is 47.8 Å². The van der Waals surface area contributed by atoms with E-state index in [4.69, 9.17) is 4.74 Å². The highest BCUT2D eigenvalue weighted by atomic mass is 32.2. The van der Waals surface area contributed by atoms with Gasteiger partial charge in [-0.05, 0) is 87.1 Å². The minimum Gasteiger partial charge on any atom is -0.495 e. The molecule has 1 aromatic heterocycles. The summed E-state index contributed by atoms with van der Waals surface area (Å²) >= 11 is 1.85. The van der Waals surface area contributed by atoms with Crippen molar-refractivity contribution in [2.24, 2.45) is 0 Å². The van der Waals surface area contributed by atoms with Gasteiger partial charge in [0.15, 0.2) is 0 Å². The van der Waals surface area contributed by atoms with Crippen molar-refractivity contribution in [3.63, 3.8) is 0 Å². The van der Waals surface area contributed by atoms with Crippen molar-refractivity contribution in [2.45, 2.75) is 70.2 Å². The molecule has 172 valence electrons. The van der Waals surface area contributed by atoms with Crippen LogP contribution in [0.1, 0.15) is 78.0 Å². The number of allylic oxidation sites excluding steroid dienone is 1. The molecule has 33 heavy (non-hydrogen) atoms. The number of carbonyl (C=O) groups excluding carboxylic acids is 1. The van der Waals surface area contributed by atoms with Gasteiger partial charge in [0.2, 0.25) is 0 Å². The summed E-state index contributed by atoms with van der Waals surface area (Å²) in [6.45, 7) is 7.96. The summed E-state index contributed by atoms with van der Waals surface area (Å²) in [5.41, 5.74) is 7.15. The summed E-state index contributed by atoms with van der Waals surface area (Å²) < 4.78 is 7.78. The van der Waals surface area contributed by atoms with Crippen LogP contribution in [0.3, 0.4) is 0 Å². The van der Waals surface area contributed by atoms with Gasteiger partial charge in [-0.25, -0.2) is 0 Å². The molecular formula is C27H31N3O2S. The normalized spacial score (nSPS) is 19.9. The van der Waals surface area contributed by atoms with E-state index >= 15 is 0 Å². The smallest absolute Gasteiger partial charge is 0.271 e. The first-order valence-electron chi connectivity index (χ1n) is 11.8. The van der Waals surface area contributed by atoms with E-state index in [1.54, 1.807) is 7.11 Å². The topological polar surface area (TPSA) is 58.3 Å². The third-order valence-electron chi connectivity index (χ3n) is 7.14. The number of fused-ring (bicyclic) bond motifs is 5. The lowest BCUT2D eigenvalue weighted by Crippen LogP contribution is -2.47. The van der Waals surface area contributed by atoms with Crippen molar-refractivity contribution < 1.29 is 9.53 Å². The molecule has 6 heteroatoms. The predicted octanol–water partition coefficient (Wildman–Crippen LogP) is 5.86. The molecule has 0 bridgehead atoms. The van der Waals surface area contributed by atoms with Crippen LogP contribution in [0.4, 0.5) is 0 Å². The molecule has 0 saturated carbocycles. The van der Waals surface area contributed by atoms with E-state index in [-0.39, 0.29) is 11.4 Å². The lowest BCUT2D eigenvalue weighted by molar-refractivity contribution is 0.0558. The Morgan fingerprint density at radius 1 is 1.15 bits per heavy atom. The largest absolute Gasteiger partial charge is 0.495 e. The zero-order valence-corrected chi connectivity index (χ0v) is 20.7. The summed E-state index contributed by atoms with van der Waals surface area (Å²) in [6.07, 6.45) is 7.06. The number of carbonyl (C=O) groups is 1. The van der Waals surface area contributed by atoms with Gasteiger partial charge in [-0.1, -0.05) is 6.08 Å². The van der Waals surface area contributed by atoms with Crippen molar-refractivity contribution in [1.29, 1.82) is 5.26 Å². The van der Waals surface area contributed by atoms with Crippen LogP contribution in [-0.4, -0.2) is 34.6 Å². The van der Waals surface area contributed by atoms with E-state index in [0.717, 1.165) is 62.1 Å². The molecule has 0 fully saturated rings. The van der Waals surface area contributed by atoms with Gasteiger partial charge in [-0.2, -0.15) is 5.26 Å². The van der Waals surface area contributed by atoms with Gasteiger partial charge in [0.25, 0.3) is 5.91 Å². The Labute approximate surface area is 200 Å². The van der Waals surface area contributed by atoms with Gasteiger partial charge < -0.3 is 14.2 Å². The monoisotopic (exact) mass is 461 g/mol. The molecule has 1 amide bonds. The standard InChI is InChI=1S/C27H31N3O2S/c1-27(2,3)30-11-6-5-8-19-23(22-9-7-13-33-22)24-20-14-18(16-28)21(32-4)15-17(20)10-12-29(24)25(19)26(30)31/h7,13-15,22H,5-6,8-12H2,1-4H3. The molecule has 0 saturated heterocycles. The number of nitriles is 1. The SMILES string of the molecule is COc1cc2c(cc1C#N)-c1c(C3CC=CS3)c3c(n1CC2)C(=O)N(C(C)(C)C)CCCC3. The molecule has 5 rings (SSSR count). The molecule has 3 aliphatic heterocycles. The predicted molar refractivity (Wildman–Crippen MR) is 133 cm³/mol. The second-order valence-electron chi connectivity index (χ2n) is 10.1. The Morgan fingerprint density at radius 3 is 2.64 bits per heavy atom. The third-order valence-corrected chi connectivity index (χ3v) is 8.25. The van der Waals surface area contributed by atoms with Crippen molar-refractivity contribution in [1.82, 2.24) is 9.47 Å². The fourth-order valence-corrected chi connectivity index (χ4v) is 6.62. The molecule has 5 nitrogen and oxygen atoms in total. The molecule has 1 unspecified atom stereocenters. The van der Waals surface area contributed by atoms with E-state index in [0.29, 0.717) is 16.6 Å². The lowest BCUT2D eigenvalue weighted by atomic mass is 9.90. The zero-order valence-electron chi connectivity index (χ0n) is 19.9. The minimum atomic E-state index is -0.228. The fourth-order valence-electron chi connectivity index (χ4n) is 5.60. The molecule has 1 aromatic carbocycles. The van der Waals surface area contributed by atoms with Crippen LogP contribution in [-0.2, 0) is 19.4 Å². The number of hydrogen-bond donors (Lipinski definition) is 0. The molecule has 4 heterocycles. The number of rotatable bonds is 2. The van der Waals surface area contributed by atoms with Crippen molar-refractivity contribution in [2.75, 3.05) is 13.7 Å². The quantitative estimate of drug-likeness (QED) is 0.562. The van der Waals surface area contributed by atoms with Crippen LogP contribution in [0.5, 0.6) is 5.75 Å². The maximum Gasteiger partial charge on any atom is 0.271 e. The molecular weight excluding hydrogens is 430 g/mol. The highest BCUT2D eigenvalue weighted by Crippen LogP contribution is 2.50. The first-order valence-corrected chi connectivity index (χ1v) is 12.8. The molecule has 0 radical (unpaired) electrons. The lowest BCUT2D eigenvalue weighted by Gasteiger charge is -2.37. The number of methoxy groups -OCH3 is 1. The van der Waals surface area contributed by atoms with Crippen LogP contribution in [0, 0.1) is 11.3 Å². The summed E-state index contributed by atoms with van der Waals surface area (Å²) in [7, 11) is 1.62. The number of amides is 1. The van der Waals surface area contributed by atoms with Gasteiger partial charge in [0.05, 0.1) is 18.4 Å². The van der Waals surface area contributed by atoms with Crippen LogP contribution >= 0.6 is 11.8 Å². The summed E-state index contributed by atoms with van der Waals surface area (Å²) in [6, 6.07) is 6.31. The van der Waals surface area contributed by atoms with Gasteiger partial charge in [0.1, 0.15) is 17.5 Å². The Hall–Kier alpha value is -2.65. The van der Waals surface area contributed by atoms with E-state index in [1.807, 2.05) is 23.9 Å². The van der Waals surface area contributed by atoms with Gasteiger partial charge in [-0.3, -0.25) is 4.79 Å². The second kappa shape index (κ2) is 8.29. The number of ether oxygens (including phenoxy) is 1. The van der Waals surface area contributed by atoms with Crippen LogP contribution in [0.2, 0.25) is 0 Å². The Morgan fingerprint density at radius 2 is 1.97 bits per heavy atom. The maximum atomic E-state index is 14.1.